The third-order valence-corrected chi connectivity index (χ3v) is 4.39. The molecular weight excluding hydrogens is 278 g/mol. The molecular formula is C13H19N3O3S. The van der Waals surface area contributed by atoms with E-state index in [2.05, 4.69) is 5.32 Å². The maximum atomic E-state index is 11.5. The second-order valence-electron chi connectivity index (χ2n) is 4.39. The molecule has 1 rings (SSSR count). The minimum Gasteiger partial charge on any atom is -0.399 e. The number of sulfonamides is 1. The number of nitrogens with two attached hydrogens (primary N) is 1. The molecule has 0 atom stereocenters. The van der Waals surface area contributed by atoms with Gasteiger partial charge in [-0.15, -0.1) is 0 Å². The summed E-state index contributed by atoms with van der Waals surface area (Å²) in [5.74, 6) is -0.473. The van der Waals surface area contributed by atoms with Crippen LogP contribution in [-0.4, -0.2) is 45.0 Å². The van der Waals surface area contributed by atoms with E-state index >= 15 is 0 Å². The zero-order valence-electron chi connectivity index (χ0n) is 11.5. The molecule has 0 spiro atoms. The molecule has 1 aromatic carbocycles. The predicted molar refractivity (Wildman–Crippen MR) is 80.4 cm³/mol. The minimum atomic E-state index is -3.29. The van der Waals surface area contributed by atoms with Gasteiger partial charge in [0.2, 0.25) is 15.9 Å². The Kier molecular flexibility index (Phi) is 5.72. The highest BCUT2D eigenvalue weighted by atomic mass is 32.2. The molecule has 0 aromatic heterocycles. The molecule has 0 radical (unpaired) electrons. The van der Waals surface area contributed by atoms with Crippen molar-refractivity contribution in [3.8, 4) is 0 Å². The Morgan fingerprint density at radius 2 is 2.10 bits per heavy atom. The summed E-state index contributed by atoms with van der Waals surface area (Å²) in [6.45, 7) is 0.0701. The Morgan fingerprint density at radius 3 is 2.70 bits per heavy atom. The number of carbonyl (C=O) groups excluding carboxylic acids is 1. The van der Waals surface area contributed by atoms with Crippen LogP contribution in [0, 0.1) is 0 Å². The second-order valence-corrected chi connectivity index (χ2v) is 6.70. The number of hydrogen-bond donors (Lipinski definition) is 2. The Hall–Kier alpha value is -1.86. The van der Waals surface area contributed by atoms with E-state index in [4.69, 9.17) is 5.73 Å². The van der Waals surface area contributed by atoms with Gasteiger partial charge in [-0.1, -0.05) is 12.1 Å². The highest BCUT2D eigenvalue weighted by Crippen LogP contribution is 2.07. The molecule has 0 aliphatic heterocycles. The third-order valence-electron chi connectivity index (χ3n) is 2.55. The summed E-state index contributed by atoms with van der Waals surface area (Å²) < 4.78 is 24.1. The monoisotopic (exact) mass is 297 g/mol. The van der Waals surface area contributed by atoms with E-state index < -0.39 is 10.0 Å². The van der Waals surface area contributed by atoms with Crippen LogP contribution in [0.2, 0.25) is 0 Å². The summed E-state index contributed by atoms with van der Waals surface area (Å²) in [6.07, 6.45) is 2.96. The van der Waals surface area contributed by atoms with Gasteiger partial charge < -0.3 is 11.1 Å². The molecule has 0 aliphatic rings. The molecule has 0 heterocycles. The van der Waals surface area contributed by atoms with Crippen molar-refractivity contribution in [3.05, 3.63) is 35.9 Å². The molecule has 0 saturated carbocycles. The van der Waals surface area contributed by atoms with Crippen LogP contribution in [0.25, 0.3) is 6.08 Å². The molecule has 1 aromatic rings. The summed E-state index contributed by atoms with van der Waals surface area (Å²) in [6, 6.07) is 7.09. The van der Waals surface area contributed by atoms with Gasteiger partial charge >= 0.3 is 0 Å². The van der Waals surface area contributed by atoms with Crippen molar-refractivity contribution in [1.82, 2.24) is 9.62 Å². The quantitative estimate of drug-likeness (QED) is 0.583. The number of carbonyl (C=O) groups is 1. The van der Waals surface area contributed by atoms with Gasteiger partial charge in [-0.2, -0.15) is 0 Å². The predicted octanol–water partition coefficient (Wildman–Crippen LogP) is 0.290. The summed E-state index contributed by atoms with van der Waals surface area (Å²) in [4.78, 5) is 11.5. The van der Waals surface area contributed by atoms with Crippen LogP contribution >= 0.6 is 0 Å². The van der Waals surface area contributed by atoms with Gasteiger partial charge in [0.25, 0.3) is 0 Å². The van der Waals surface area contributed by atoms with E-state index in [1.807, 2.05) is 6.07 Å². The lowest BCUT2D eigenvalue weighted by atomic mass is 10.2. The van der Waals surface area contributed by atoms with Crippen LogP contribution in [0.3, 0.4) is 0 Å². The summed E-state index contributed by atoms with van der Waals surface area (Å²) in [5.41, 5.74) is 7.04. The van der Waals surface area contributed by atoms with E-state index in [0.29, 0.717) is 5.69 Å². The van der Waals surface area contributed by atoms with E-state index in [0.717, 1.165) is 9.87 Å². The molecule has 0 saturated heterocycles. The fourth-order valence-electron chi connectivity index (χ4n) is 1.38. The van der Waals surface area contributed by atoms with Crippen molar-refractivity contribution in [3.63, 3.8) is 0 Å². The molecule has 0 bridgehead atoms. The van der Waals surface area contributed by atoms with Crippen molar-refractivity contribution >= 4 is 27.7 Å². The lowest BCUT2D eigenvalue weighted by Crippen LogP contribution is -2.33. The molecule has 0 unspecified atom stereocenters. The minimum absolute atomic E-state index is 0.0701. The van der Waals surface area contributed by atoms with Crippen LogP contribution < -0.4 is 11.1 Å². The molecule has 20 heavy (non-hydrogen) atoms. The number of anilines is 1. The number of nitrogen functional groups attached to an aromatic ring is 1. The maximum Gasteiger partial charge on any atom is 0.244 e. The SMILES string of the molecule is CN(C)S(=O)(=O)CCNC(=O)/C=C/c1cccc(N)c1. The summed E-state index contributed by atoms with van der Waals surface area (Å²) >= 11 is 0. The van der Waals surface area contributed by atoms with Crippen LogP contribution in [0.4, 0.5) is 5.69 Å². The number of benzene rings is 1. The Labute approximate surface area is 119 Å². The summed E-state index contributed by atoms with van der Waals surface area (Å²) in [7, 11) is -0.378. The number of rotatable bonds is 6. The van der Waals surface area contributed by atoms with Crippen LogP contribution in [0.15, 0.2) is 30.3 Å². The second kappa shape index (κ2) is 7.06. The van der Waals surface area contributed by atoms with Gasteiger partial charge in [-0.3, -0.25) is 4.79 Å². The average Bonchev–Trinajstić information content (AvgIpc) is 2.36. The van der Waals surface area contributed by atoms with Crippen LogP contribution in [0.5, 0.6) is 0 Å². The molecule has 110 valence electrons. The first kappa shape index (κ1) is 16.2. The van der Waals surface area contributed by atoms with E-state index in [1.54, 1.807) is 24.3 Å². The van der Waals surface area contributed by atoms with Gasteiger partial charge in [-0.25, -0.2) is 12.7 Å². The molecule has 1 amide bonds. The van der Waals surface area contributed by atoms with Gasteiger partial charge in [-0.05, 0) is 23.8 Å². The van der Waals surface area contributed by atoms with Gasteiger partial charge in [0.1, 0.15) is 0 Å². The number of nitrogens with one attached hydrogen (secondary N) is 1. The van der Waals surface area contributed by atoms with Gasteiger partial charge in [0, 0.05) is 32.4 Å². The normalized spacial score (nSPS) is 11.9. The van der Waals surface area contributed by atoms with E-state index in [1.165, 1.54) is 20.2 Å². The van der Waals surface area contributed by atoms with Crippen molar-refractivity contribution in [1.29, 1.82) is 0 Å². The van der Waals surface area contributed by atoms with Gasteiger partial charge in [0.15, 0.2) is 0 Å². The topological polar surface area (TPSA) is 92.5 Å². The zero-order valence-corrected chi connectivity index (χ0v) is 12.4. The maximum absolute atomic E-state index is 11.5. The smallest absolute Gasteiger partial charge is 0.244 e. The number of hydrogen-bond acceptors (Lipinski definition) is 4. The van der Waals surface area contributed by atoms with Crippen molar-refractivity contribution in [2.45, 2.75) is 0 Å². The Balaban J connectivity index is 2.45. The van der Waals surface area contributed by atoms with E-state index in [9.17, 15) is 13.2 Å². The van der Waals surface area contributed by atoms with Crippen LogP contribution in [0.1, 0.15) is 5.56 Å². The first-order chi connectivity index (χ1) is 9.31. The number of nitrogens with zero attached hydrogens (tertiary/aromatic N) is 1. The third kappa shape index (κ3) is 5.41. The number of amides is 1. The van der Waals surface area contributed by atoms with Crippen LogP contribution in [-0.2, 0) is 14.8 Å². The van der Waals surface area contributed by atoms with Crippen molar-refractivity contribution in [2.75, 3.05) is 32.1 Å². The van der Waals surface area contributed by atoms with E-state index in [-0.39, 0.29) is 18.2 Å². The highest BCUT2D eigenvalue weighted by Gasteiger charge is 2.12. The fourth-order valence-corrected chi connectivity index (χ4v) is 2.10. The Morgan fingerprint density at radius 1 is 1.40 bits per heavy atom. The first-order valence-electron chi connectivity index (χ1n) is 6.03. The first-order valence-corrected chi connectivity index (χ1v) is 7.64. The largest absolute Gasteiger partial charge is 0.399 e. The molecule has 3 N–H and O–H groups in total. The fraction of sp³-hybridized carbons (Fsp3) is 0.308. The Bertz CT molecular complexity index is 595. The zero-order chi connectivity index (χ0) is 15.2. The average molecular weight is 297 g/mol. The molecule has 6 nitrogen and oxygen atoms in total. The van der Waals surface area contributed by atoms with Gasteiger partial charge in [0.05, 0.1) is 5.75 Å². The molecule has 7 heteroatoms. The lowest BCUT2D eigenvalue weighted by Gasteiger charge is -2.10. The van der Waals surface area contributed by atoms with Crippen molar-refractivity contribution in [2.24, 2.45) is 0 Å². The molecule has 0 fully saturated rings. The standard InChI is InChI=1S/C13H19N3O3S/c1-16(2)20(18,19)9-8-15-13(17)7-6-11-4-3-5-12(14)10-11/h3-7,10H,8-9,14H2,1-2H3,(H,15,17)/b7-6+. The summed E-state index contributed by atoms with van der Waals surface area (Å²) in [5, 5.41) is 2.52. The lowest BCUT2D eigenvalue weighted by molar-refractivity contribution is -0.116. The molecule has 0 aliphatic carbocycles. The highest BCUT2D eigenvalue weighted by molar-refractivity contribution is 7.89. The van der Waals surface area contributed by atoms with Crippen molar-refractivity contribution < 1.29 is 13.2 Å².